The van der Waals surface area contributed by atoms with E-state index in [4.69, 9.17) is 5.41 Å². The Hall–Kier alpha value is -3.39. The number of fused-ring (bicyclic) bond motifs is 3. The molecule has 1 aromatic carbocycles. The largest absolute Gasteiger partial charge is 0.390 e. The molecule has 0 unspecified atom stereocenters. The number of aliphatic hydroxyl groups is 1. The Morgan fingerprint density at radius 1 is 1.26 bits per heavy atom. The molecule has 1 amide bonds. The summed E-state index contributed by atoms with van der Waals surface area (Å²) in [5, 5.41) is 29.6. The number of guanidine groups is 1. The third-order valence-corrected chi connectivity index (χ3v) is 6.88. The van der Waals surface area contributed by atoms with Crippen LogP contribution >= 0.6 is 0 Å². The van der Waals surface area contributed by atoms with E-state index in [0.717, 1.165) is 22.5 Å². The second-order valence-corrected chi connectivity index (χ2v) is 9.30. The maximum Gasteiger partial charge on any atom is 0.232 e. The highest BCUT2D eigenvalue weighted by Crippen LogP contribution is 2.48. The minimum atomic E-state index is -0.732. The van der Waals surface area contributed by atoms with Gasteiger partial charge in [0.1, 0.15) is 0 Å². The van der Waals surface area contributed by atoms with Gasteiger partial charge in [0.2, 0.25) is 5.91 Å². The molecule has 2 aliphatic carbocycles. The number of carbonyl (C=O) groups is 1. The van der Waals surface area contributed by atoms with Crippen LogP contribution in [0.4, 0.5) is 11.4 Å². The average Bonchev–Trinajstić information content (AvgIpc) is 3.14. The lowest BCUT2D eigenvalue weighted by Gasteiger charge is -2.54. The van der Waals surface area contributed by atoms with E-state index in [2.05, 4.69) is 15.7 Å². The first-order chi connectivity index (χ1) is 14.8. The van der Waals surface area contributed by atoms with Crippen LogP contribution in [-0.4, -0.2) is 43.1 Å². The van der Waals surface area contributed by atoms with Gasteiger partial charge in [-0.05, 0) is 55.2 Å². The van der Waals surface area contributed by atoms with Gasteiger partial charge in [0.05, 0.1) is 23.1 Å². The second-order valence-electron chi connectivity index (χ2n) is 9.30. The Morgan fingerprint density at radius 2 is 2.10 bits per heavy atom. The zero-order chi connectivity index (χ0) is 21.4. The minimum Gasteiger partial charge on any atom is -0.390 e. The van der Waals surface area contributed by atoms with E-state index in [1.807, 2.05) is 47.1 Å². The molecule has 4 N–H and O–H groups in total. The molecule has 31 heavy (non-hydrogen) atoms. The molecule has 3 aromatic rings. The van der Waals surface area contributed by atoms with E-state index in [1.54, 1.807) is 13.1 Å². The van der Waals surface area contributed by atoms with Crippen molar-refractivity contribution in [2.24, 2.45) is 0 Å². The summed E-state index contributed by atoms with van der Waals surface area (Å²) in [5.41, 5.74) is 4.00. The summed E-state index contributed by atoms with van der Waals surface area (Å²) in [7, 11) is 0. The second kappa shape index (κ2) is 6.07. The molecular weight excluding hydrogens is 392 g/mol. The van der Waals surface area contributed by atoms with Crippen LogP contribution in [0, 0.1) is 5.41 Å². The van der Waals surface area contributed by atoms with E-state index in [1.165, 1.54) is 10.5 Å². The van der Waals surface area contributed by atoms with Gasteiger partial charge in [0, 0.05) is 36.2 Å². The predicted octanol–water partition coefficient (Wildman–Crippen LogP) is 2.50. The molecule has 1 saturated heterocycles. The Morgan fingerprint density at radius 3 is 2.87 bits per heavy atom. The molecule has 1 atom stereocenters. The molecule has 3 heterocycles. The lowest BCUT2D eigenvalue weighted by molar-refractivity contribution is -0.140. The van der Waals surface area contributed by atoms with Gasteiger partial charge in [-0.1, -0.05) is 12.1 Å². The SMILES string of the molecule is C[C@]1(O)C[C@@H](N2C(=N)N[C@]3(CC2=O)Cc2c(Nc4ccn5nccc5c4)cccc23)C1. The zero-order valence-corrected chi connectivity index (χ0v) is 17.2. The first-order valence-corrected chi connectivity index (χ1v) is 10.6. The van der Waals surface area contributed by atoms with Crippen molar-refractivity contribution < 1.29 is 9.90 Å². The van der Waals surface area contributed by atoms with Crippen molar-refractivity contribution in [1.82, 2.24) is 19.8 Å². The molecule has 1 saturated carbocycles. The number of carbonyl (C=O) groups excluding carboxylic acids is 1. The van der Waals surface area contributed by atoms with Gasteiger partial charge in [-0.3, -0.25) is 15.1 Å². The minimum absolute atomic E-state index is 0.0422. The van der Waals surface area contributed by atoms with Crippen molar-refractivity contribution in [2.45, 2.75) is 49.8 Å². The molecule has 6 rings (SSSR count). The molecule has 1 spiro atoms. The third kappa shape index (κ3) is 2.75. The van der Waals surface area contributed by atoms with E-state index < -0.39 is 11.1 Å². The monoisotopic (exact) mass is 416 g/mol. The highest BCUT2D eigenvalue weighted by molar-refractivity contribution is 6.00. The summed E-state index contributed by atoms with van der Waals surface area (Å²) in [6.45, 7) is 1.78. The number of nitrogens with one attached hydrogen (secondary N) is 3. The third-order valence-electron chi connectivity index (χ3n) is 6.88. The Kier molecular flexibility index (Phi) is 3.60. The van der Waals surface area contributed by atoms with Crippen LogP contribution < -0.4 is 10.6 Å². The zero-order valence-electron chi connectivity index (χ0n) is 17.2. The smallest absolute Gasteiger partial charge is 0.232 e. The van der Waals surface area contributed by atoms with Crippen LogP contribution in [0.25, 0.3) is 5.52 Å². The average molecular weight is 416 g/mol. The van der Waals surface area contributed by atoms with Crippen molar-refractivity contribution in [3.05, 3.63) is 59.9 Å². The van der Waals surface area contributed by atoms with Crippen LogP contribution in [0.5, 0.6) is 0 Å². The van der Waals surface area contributed by atoms with Crippen LogP contribution in [-0.2, 0) is 16.8 Å². The molecule has 0 radical (unpaired) electrons. The number of anilines is 2. The fraction of sp³-hybridized carbons (Fsp3) is 0.348. The maximum atomic E-state index is 13.0. The molecule has 8 heteroatoms. The number of amides is 1. The molecule has 8 nitrogen and oxygen atoms in total. The summed E-state index contributed by atoms with van der Waals surface area (Å²) in [6, 6.07) is 12.0. The van der Waals surface area contributed by atoms with E-state index in [0.29, 0.717) is 25.7 Å². The first-order valence-electron chi connectivity index (χ1n) is 10.6. The van der Waals surface area contributed by atoms with Crippen LogP contribution in [0.3, 0.4) is 0 Å². The number of hydrogen-bond acceptors (Lipinski definition) is 5. The summed E-state index contributed by atoms with van der Waals surface area (Å²) < 4.78 is 1.82. The number of benzene rings is 1. The summed E-state index contributed by atoms with van der Waals surface area (Å²) in [6.07, 6.45) is 5.73. The molecule has 158 valence electrons. The molecule has 0 bridgehead atoms. The van der Waals surface area contributed by atoms with Crippen molar-refractivity contribution in [3.63, 3.8) is 0 Å². The highest BCUT2D eigenvalue weighted by atomic mass is 16.3. The summed E-state index contributed by atoms with van der Waals surface area (Å²) in [5.74, 6) is 0.103. The van der Waals surface area contributed by atoms with Gasteiger partial charge in [0.25, 0.3) is 0 Å². The lowest BCUT2D eigenvalue weighted by Crippen LogP contribution is -2.69. The quantitative estimate of drug-likeness (QED) is 0.525. The van der Waals surface area contributed by atoms with Crippen molar-refractivity contribution in [3.8, 4) is 0 Å². The Bertz CT molecular complexity index is 1220. The van der Waals surface area contributed by atoms with Gasteiger partial charge >= 0.3 is 0 Å². The maximum absolute atomic E-state index is 13.0. The number of pyridine rings is 1. The van der Waals surface area contributed by atoms with Crippen molar-refractivity contribution in [2.75, 3.05) is 5.32 Å². The summed E-state index contributed by atoms with van der Waals surface area (Å²) in [4.78, 5) is 14.5. The van der Waals surface area contributed by atoms with Crippen LogP contribution in [0.15, 0.2) is 48.8 Å². The van der Waals surface area contributed by atoms with Crippen molar-refractivity contribution in [1.29, 1.82) is 5.41 Å². The van der Waals surface area contributed by atoms with Gasteiger partial charge < -0.3 is 15.7 Å². The molecule has 2 fully saturated rings. The number of nitrogens with zero attached hydrogens (tertiary/aromatic N) is 3. The molecule has 1 aliphatic heterocycles. The lowest BCUT2D eigenvalue weighted by atomic mass is 9.66. The van der Waals surface area contributed by atoms with Gasteiger partial charge in [-0.2, -0.15) is 5.10 Å². The fourth-order valence-electron chi connectivity index (χ4n) is 5.38. The molecule has 3 aliphatic rings. The topological polar surface area (TPSA) is 106 Å². The summed E-state index contributed by atoms with van der Waals surface area (Å²) >= 11 is 0. The van der Waals surface area contributed by atoms with E-state index in [-0.39, 0.29) is 17.9 Å². The van der Waals surface area contributed by atoms with Crippen molar-refractivity contribution >= 4 is 28.8 Å². The Labute approximate surface area is 179 Å². The van der Waals surface area contributed by atoms with Gasteiger partial charge in [0.15, 0.2) is 5.96 Å². The number of aromatic nitrogens is 2. The van der Waals surface area contributed by atoms with Crippen LogP contribution in [0.1, 0.15) is 37.3 Å². The van der Waals surface area contributed by atoms with Crippen LogP contribution in [0.2, 0.25) is 0 Å². The highest BCUT2D eigenvalue weighted by Gasteiger charge is 2.54. The fourth-order valence-corrected chi connectivity index (χ4v) is 5.38. The molecular formula is C23H24N6O2. The van der Waals surface area contributed by atoms with E-state index >= 15 is 0 Å². The number of rotatable bonds is 3. The normalized spacial score (nSPS) is 29.4. The number of hydrogen-bond donors (Lipinski definition) is 4. The first kappa shape index (κ1) is 18.4. The van der Waals surface area contributed by atoms with E-state index in [9.17, 15) is 9.90 Å². The van der Waals surface area contributed by atoms with Gasteiger partial charge in [-0.15, -0.1) is 0 Å². The molecule has 2 aromatic heterocycles. The van der Waals surface area contributed by atoms with Gasteiger partial charge in [-0.25, -0.2) is 4.52 Å². The Balaban J connectivity index is 1.24. The predicted molar refractivity (Wildman–Crippen MR) is 116 cm³/mol. The standard InChI is InChI=1S/C23H24N6O2/c1-22(31)10-16(11-22)29-20(30)13-23(27-21(29)24)12-17-18(23)3-2-4-19(17)26-14-6-8-28-15(9-14)5-7-25-28/h2-9,16,26,31H,10-13H2,1H3,(H2,24,27)/t16-,22+,23-/m0/s1.